The van der Waals surface area contributed by atoms with E-state index in [1.54, 1.807) is 34.6 Å². The van der Waals surface area contributed by atoms with E-state index in [0.29, 0.717) is 81.2 Å². The molecule has 1 aromatic carbocycles. The number of hydrogen-bond donors (Lipinski definition) is 3. The number of aliphatic hydroxyl groups excluding tert-OH is 3. The van der Waals surface area contributed by atoms with Gasteiger partial charge in [-0.2, -0.15) is 0 Å². The third-order valence-electron chi connectivity index (χ3n) is 12.1. The minimum atomic E-state index is -1.27. The summed E-state index contributed by atoms with van der Waals surface area (Å²) in [5.41, 5.74) is 0.890. The van der Waals surface area contributed by atoms with Crippen LogP contribution in [0.2, 0.25) is 0 Å². The average molecular weight is 918 g/mol. The van der Waals surface area contributed by atoms with Crippen LogP contribution in [0.4, 0.5) is 0 Å². The van der Waals surface area contributed by atoms with Crippen LogP contribution < -0.4 is 4.74 Å². The first kappa shape index (κ1) is 54.0. The Labute approximate surface area is 391 Å². The highest BCUT2D eigenvalue weighted by Gasteiger charge is 2.47. The number of aliphatic hydroxyl groups is 3. The second kappa shape index (κ2) is 26.6. The fraction of sp³-hybridized carbons (Fsp3) is 0.615. The van der Waals surface area contributed by atoms with E-state index >= 15 is 0 Å². The van der Waals surface area contributed by atoms with Crippen molar-refractivity contribution >= 4 is 17.9 Å². The van der Waals surface area contributed by atoms with E-state index in [0.717, 1.165) is 6.42 Å². The quantitative estimate of drug-likeness (QED) is 0.0273. The molecule has 1 aliphatic heterocycles. The maximum absolute atomic E-state index is 13.7. The molecule has 14 heteroatoms. The van der Waals surface area contributed by atoms with Crippen LogP contribution >= 0.6 is 0 Å². The van der Waals surface area contributed by atoms with Gasteiger partial charge in [0.05, 0.1) is 56.9 Å². The van der Waals surface area contributed by atoms with Gasteiger partial charge in [-0.05, 0) is 110 Å². The van der Waals surface area contributed by atoms with Gasteiger partial charge in [-0.15, -0.1) is 24.7 Å². The summed E-state index contributed by atoms with van der Waals surface area (Å²) in [4.78, 5) is 44.4. The number of carbonyl (C=O) groups excluding carboxylic acids is 3. The van der Waals surface area contributed by atoms with E-state index in [1.165, 1.54) is 11.8 Å². The van der Waals surface area contributed by atoms with E-state index < -0.39 is 53.2 Å². The van der Waals surface area contributed by atoms with Crippen LogP contribution in [0.1, 0.15) is 127 Å². The highest BCUT2D eigenvalue weighted by molar-refractivity contribution is 5.78. The lowest BCUT2D eigenvalue weighted by Crippen LogP contribution is -2.51. The highest BCUT2D eigenvalue weighted by atomic mass is 16.7. The lowest BCUT2D eigenvalue weighted by molar-refractivity contribution is -0.284. The number of aryl methyl sites for hydroxylation is 2. The van der Waals surface area contributed by atoms with Crippen molar-refractivity contribution in [1.82, 2.24) is 4.98 Å². The molecule has 2 aromatic rings. The van der Waals surface area contributed by atoms with E-state index in [-0.39, 0.29) is 69.9 Å². The fourth-order valence-electron chi connectivity index (χ4n) is 8.04. The summed E-state index contributed by atoms with van der Waals surface area (Å²) in [7, 11) is 0. The summed E-state index contributed by atoms with van der Waals surface area (Å²) < 4.78 is 40.4. The Bertz CT molecular complexity index is 1960. The number of allylic oxidation sites excluding steroid dienone is 2. The molecule has 1 saturated carbocycles. The molecule has 1 aromatic heterocycles. The molecule has 5 atom stereocenters. The Morgan fingerprint density at radius 1 is 0.924 bits per heavy atom. The molecule has 0 radical (unpaired) electrons. The Hall–Kier alpha value is -4.64. The number of hydrogen-bond acceptors (Lipinski definition) is 14. The summed E-state index contributed by atoms with van der Waals surface area (Å²) in [5.74, 6) is 1.27. The van der Waals surface area contributed by atoms with Crippen LogP contribution in [0, 0.1) is 48.9 Å². The summed E-state index contributed by atoms with van der Waals surface area (Å²) in [6, 6.07) is 10.0. The van der Waals surface area contributed by atoms with E-state index in [2.05, 4.69) is 16.8 Å². The van der Waals surface area contributed by atoms with Crippen LogP contribution in [0.5, 0.6) is 5.75 Å². The molecule has 0 amide bonds. The first-order chi connectivity index (χ1) is 31.5. The Morgan fingerprint density at radius 3 is 2.35 bits per heavy atom. The fourth-order valence-corrected chi connectivity index (χ4v) is 8.04. The maximum atomic E-state index is 13.7. The standard InChI is InChI=1S/C52H71NO13/c1-8-10-18-29-62-50(4,5)63-30-27-46(57)60-33-39-32-53-37(3)48(43(39)34-61-49(59)52(28-9-2)35-64-51(6,7)65-36-52)66-47(58)22-17-12-11-16-21-41-42(45(56)31-44(41)55)26-25-40(54)24-23-38-19-14-13-15-20-38/h1-2,11,13-16,19-20,32,40-42,44-45,54-56H,10,12,17-18,21-31,33-36H2,3-7H3/b16-11-/t40-,41+,42+,44-,45+/m0/s1. The van der Waals surface area contributed by atoms with Gasteiger partial charge in [0.1, 0.15) is 18.6 Å². The molecule has 66 heavy (non-hydrogen) atoms. The van der Waals surface area contributed by atoms with Crippen LogP contribution in [0.3, 0.4) is 0 Å². The predicted octanol–water partition coefficient (Wildman–Crippen LogP) is 7.00. The highest BCUT2D eigenvalue weighted by Crippen LogP contribution is 2.39. The molecule has 0 bridgehead atoms. The summed E-state index contributed by atoms with van der Waals surface area (Å²) >= 11 is 0. The lowest BCUT2D eigenvalue weighted by atomic mass is 9.85. The van der Waals surface area contributed by atoms with Crippen LogP contribution in [0.15, 0.2) is 48.7 Å². The van der Waals surface area contributed by atoms with E-state index in [1.807, 2.05) is 42.5 Å². The smallest absolute Gasteiger partial charge is 0.318 e. The number of unbranched alkanes of at least 4 members (excludes halogenated alkanes) is 2. The van der Waals surface area contributed by atoms with Crippen molar-refractivity contribution in [1.29, 1.82) is 0 Å². The number of benzene rings is 1. The largest absolute Gasteiger partial charge is 0.461 e. The van der Waals surface area contributed by atoms with Gasteiger partial charge in [-0.1, -0.05) is 42.5 Å². The third kappa shape index (κ3) is 17.5. The van der Waals surface area contributed by atoms with Crippen molar-refractivity contribution in [2.75, 3.05) is 26.4 Å². The molecule has 1 saturated heterocycles. The zero-order valence-electron chi connectivity index (χ0n) is 39.5. The molecule has 2 fully saturated rings. The number of esters is 3. The molecule has 4 rings (SSSR count). The lowest BCUT2D eigenvalue weighted by Gasteiger charge is -2.40. The van der Waals surface area contributed by atoms with E-state index in [4.69, 9.17) is 46.0 Å². The first-order valence-electron chi connectivity index (χ1n) is 23.1. The van der Waals surface area contributed by atoms with Gasteiger partial charge in [0.25, 0.3) is 0 Å². The molecule has 2 heterocycles. The molecule has 1 aliphatic carbocycles. The molecule has 14 nitrogen and oxygen atoms in total. The van der Waals surface area contributed by atoms with Gasteiger partial charge in [-0.3, -0.25) is 19.4 Å². The van der Waals surface area contributed by atoms with Gasteiger partial charge in [0.15, 0.2) is 17.3 Å². The molecule has 2 aliphatic rings. The average Bonchev–Trinajstić information content (AvgIpc) is 3.55. The zero-order chi connectivity index (χ0) is 48.2. The minimum Gasteiger partial charge on any atom is -0.461 e. The van der Waals surface area contributed by atoms with Gasteiger partial charge in [0, 0.05) is 36.6 Å². The van der Waals surface area contributed by atoms with Crippen LogP contribution in [-0.4, -0.2) is 94.5 Å². The SMILES string of the molecule is C#CCCCOC(C)(C)OCCC(=O)OCc1cnc(C)c(OC(=O)CCC/C=C\C[C@@H]2[C@@H](CC[C@@H](O)CCc3ccccc3)[C@H](O)C[C@@H]2O)c1COC(=O)C1(CC#C)COC(C)(C)OC1. The molecule has 0 unspecified atom stereocenters. The molecule has 3 N–H and O–H groups in total. The van der Waals surface area contributed by atoms with Crippen molar-refractivity contribution in [2.45, 2.75) is 161 Å². The van der Waals surface area contributed by atoms with Crippen molar-refractivity contribution in [3.63, 3.8) is 0 Å². The van der Waals surface area contributed by atoms with E-state index in [9.17, 15) is 29.7 Å². The second-order valence-corrected chi connectivity index (χ2v) is 18.2. The zero-order valence-corrected chi connectivity index (χ0v) is 39.5. The summed E-state index contributed by atoms with van der Waals surface area (Å²) in [6.07, 6.45) is 20.3. The van der Waals surface area contributed by atoms with Crippen molar-refractivity contribution in [2.24, 2.45) is 17.3 Å². The Morgan fingerprint density at radius 2 is 1.64 bits per heavy atom. The van der Waals surface area contributed by atoms with Gasteiger partial charge in [0.2, 0.25) is 0 Å². The first-order valence-corrected chi connectivity index (χ1v) is 23.1. The van der Waals surface area contributed by atoms with Crippen molar-refractivity contribution in [3.05, 3.63) is 71.1 Å². The minimum absolute atomic E-state index is 0.00362. The van der Waals surface area contributed by atoms with Gasteiger partial charge in [-0.25, -0.2) is 0 Å². The molecule has 0 spiro atoms. The molecular formula is C52H71NO13. The van der Waals surface area contributed by atoms with Crippen LogP contribution in [0.25, 0.3) is 0 Å². The van der Waals surface area contributed by atoms with Gasteiger partial charge < -0.3 is 48.5 Å². The molecule has 362 valence electrons. The normalized spacial score (nSPS) is 20.6. The molecular weight excluding hydrogens is 847 g/mol. The number of aromatic nitrogens is 1. The number of ether oxygens (including phenoxy) is 7. The van der Waals surface area contributed by atoms with Crippen LogP contribution in [-0.2, 0) is 62.4 Å². The number of nitrogens with zero attached hydrogens (tertiary/aromatic N) is 1. The number of terminal acetylenes is 2. The van der Waals surface area contributed by atoms with Crippen molar-refractivity contribution < 1.29 is 62.9 Å². The van der Waals surface area contributed by atoms with Crippen molar-refractivity contribution in [3.8, 4) is 30.4 Å². The Balaban J connectivity index is 1.35. The monoisotopic (exact) mass is 917 g/mol. The summed E-state index contributed by atoms with van der Waals surface area (Å²) in [5, 5.41) is 32.2. The number of pyridine rings is 1. The topological polar surface area (TPSA) is 189 Å². The number of carbonyl (C=O) groups is 3. The third-order valence-corrected chi connectivity index (χ3v) is 12.1. The Kier molecular flexibility index (Phi) is 21.8. The maximum Gasteiger partial charge on any atom is 0.318 e. The number of rotatable bonds is 27. The predicted molar refractivity (Wildman–Crippen MR) is 246 cm³/mol. The van der Waals surface area contributed by atoms with Gasteiger partial charge >= 0.3 is 17.9 Å². The summed E-state index contributed by atoms with van der Waals surface area (Å²) in [6.45, 7) is 8.36. The second-order valence-electron chi connectivity index (χ2n) is 18.2.